The van der Waals surface area contributed by atoms with E-state index in [0.29, 0.717) is 0 Å². The van der Waals surface area contributed by atoms with Gasteiger partial charge in [0.25, 0.3) is 0 Å². The lowest BCUT2D eigenvalue weighted by Gasteiger charge is -2.24. The van der Waals surface area contributed by atoms with Crippen molar-refractivity contribution in [2.45, 2.75) is 52.1 Å². The van der Waals surface area contributed by atoms with E-state index in [0.717, 1.165) is 42.6 Å². The van der Waals surface area contributed by atoms with E-state index in [2.05, 4.69) is 34.1 Å². The van der Waals surface area contributed by atoms with Crippen LogP contribution in [-0.2, 0) is 16.1 Å². The molecule has 5 nitrogen and oxygen atoms in total. The third-order valence-corrected chi connectivity index (χ3v) is 5.00. The van der Waals surface area contributed by atoms with E-state index in [4.69, 9.17) is 4.74 Å². The van der Waals surface area contributed by atoms with Crippen LogP contribution in [-0.4, -0.2) is 50.8 Å². The van der Waals surface area contributed by atoms with Crippen LogP contribution in [0.4, 0.5) is 0 Å². The van der Waals surface area contributed by atoms with E-state index in [-0.39, 0.29) is 12.6 Å². The molecule has 1 aliphatic rings. The van der Waals surface area contributed by atoms with Crippen LogP contribution in [0.1, 0.15) is 42.4 Å². The average molecular weight is 348 g/mol. The summed E-state index contributed by atoms with van der Waals surface area (Å²) in [5.41, 5.74) is 3.33. The zero-order valence-corrected chi connectivity index (χ0v) is 16.1. The molecule has 0 unspecified atom stereocenters. The molecule has 2 rings (SSSR count). The van der Waals surface area contributed by atoms with E-state index >= 15 is 0 Å². The fourth-order valence-corrected chi connectivity index (χ4v) is 3.58. The predicted octanol–water partition coefficient (Wildman–Crippen LogP) is 2.82. The van der Waals surface area contributed by atoms with Gasteiger partial charge in [0.1, 0.15) is 5.75 Å². The summed E-state index contributed by atoms with van der Waals surface area (Å²) < 4.78 is 10.2. The number of carbonyl (C=O) groups is 1. The summed E-state index contributed by atoms with van der Waals surface area (Å²) in [5, 5.41) is 3.53. The van der Waals surface area contributed by atoms with Crippen molar-refractivity contribution in [2.24, 2.45) is 0 Å². The van der Waals surface area contributed by atoms with E-state index < -0.39 is 0 Å². The van der Waals surface area contributed by atoms with Gasteiger partial charge in [0.15, 0.2) is 6.61 Å². The van der Waals surface area contributed by atoms with Crippen molar-refractivity contribution in [2.75, 3.05) is 33.9 Å². The summed E-state index contributed by atoms with van der Waals surface area (Å²) >= 11 is 0. The Balaban J connectivity index is 1.79. The van der Waals surface area contributed by atoms with Crippen LogP contribution in [0.25, 0.3) is 0 Å². The van der Waals surface area contributed by atoms with Crippen LogP contribution in [0.3, 0.4) is 0 Å². The van der Waals surface area contributed by atoms with Crippen molar-refractivity contribution in [3.63, 3.8) is 0 Å². The number of ether oxygens (including phenoxy) is 2. The minimum Gasteiger partial charge on any atom is -0.481 e. The highest BCUT2D eigenvalue weighted by molar-refractivity contribution is 5.71. The SMILES string of the molecule is COC(=O)COc1c(C)cc(CNCCN(C)C2CCCC2)cc1C. The second-order valence-corrected chi connectivity index (χ2v) is 7.02. The lowest BCUT2D eigenvalue weighted by molar-refractivity contribution is -0.142. The Morgan fingerprint density at radius 1 is 1.24 bits per heavy atom. The Kier molecular flexibility index (Phi) is 7.72. The third-order valence-electron chi connectivity index (χ3n) is 5.00. The van der Waals surface area contributed by atoms with Crippen LogP contribution in [0.5, 0.6) is 5.75 Å². The molecule has 140 valence electrons. The highest BCUT2D eigenvalue weighted by Gasteiger charge is 2.18. The molecule has 0 aromatic heterocycles. The van der Waals surface area contributed by atoms with Crippen molar-refractivity contribution in [1.82, 2.24) is 10.2 Å². The fourth-order valence-electron chi connectivity index (χ4n) is 3.58. The molecule has 0 amide bonds. The van der Waals surface area contributed by atoms with Gasteiger partial charge in [-0.1, -0.05) is 25.0 Å². The van der Waals surface area contributed by atoms with E-state index in [1.54, 1.807) is 0 Å². The molecule has 0 radical (unpaired) electrons. The number of rotatable bonds is 9. The van der Waals surface area contributed by atoms with Gasteiger partial charge in [-0.3, -0.25) is 0 Å². The monoisotopic (exact) mass is 348 g/mol. The van der Waals surface area contributed by atoms with Crippen LogP contribution in [0, 0.1) is 13.8 Å². The first kappa shape index (κ1) is 19.7. The van der Waals surface area contributed by atoms with Gasteiger partial charge in [-0.2, -0.15) is 0 Å². The van der Waals surface area contributed by atoms with Gasteiger partial charge in [-0.05, 0) is 50.4 Å². The molecule has 5 heteroatoms. The maximum atomic E-state index is 11.2. The normalized spacial score (nSPS) is 14.9. The second kappa shape index (κ2) is 9.78. The smallest absolute Gasteiger partial charge is 0.343 e. The first-order chi connectivity index (χ1) is 12.0. The topological polar surface area (TPSA) is 50.8 Å². The van der Waals surface area contributed by atoms with Gasteiger partial charge in [-0.25, -0.2) is 4.79 Å². The molecule has 1 aromatic rings. The summed E-state index contributed by atoms with van der Waals surface area (Å²) in [4.78, 5) is 13.7. The van der Waals surface area contributed by atoms with Gasteiger partial charge >= 0.3 is 5.97 Å². The van der Waals surface area contributed by atoms with Gasteiger partial charge in [0.2, 0.25) is 0 Å². The number of methoxy groups -OCH3 is 1. The van der Waals surface area contributed by atoms with E-state index in [1.807, 2.05) is 13.8 Å². The van der Waals surface area contributed by atoms with Crippen LogP contribution >= 0.6 is 0 Å². The molecule has 0 atom stereocenters. The van der Waals surface area contributed by atoms with Crippen molar-refractivity contribution in [3.8, 4) is 5.75 Å². The molecule has 0 heterocycles. The molecule has 0 spiro atoms. The summed E-state index contributed by atoms with van der Waals surface area (Å²) in [6.07, 6.45) is 5.46. The minimum absolute atomic E-state index is 0.0523. The third kappa shape index (κ3) is 6.01. The van der Waals surface area contributed by atoms with Gasteiger partial charge in [0, 0.05) is 25.7 Å². The van der Waals surface area contributed by atoms with Gasteiger partial charge in [0.05, 0.1) is 7.11 Å². The average Bonchev–Trinajstić information content (AvgIpc) is 3.12. The maximum absolute atomic E-state index is 11.2. The largest absolute Gasteiger partial charge is 0.481 e. The fraction of sp³-hybridized carbons (Fsp3) is 0.650. The molecule has 0 bridgehead atoms. The molecule has 25 heavy (non-hydrogen) atoms. The number of likely N-dealkylation sites (N-methyl/N-ethyl adjacent to an activating group) is 1. The number of esters is 1. The lowest BCUT2D eigenvalue weighted by Crippen LogP contribution is -2.35. The highest BCUT2D eigenvalue weighted by atomic mass is 16.6. The molecular formula is C20H32N2O3. The predicted molar refractivity (Wildman–Crippen MR) is 100 cm³/mol. The summed E-state index contributed by atoms with van der Waals surface area (Å²) in [6, 6.07) is 5.01. The second-order valence-electron chi connectivity index (χ2n) is 7.02. The molecule has 0 saturated heterocycles. The molecular weight excluding hydrogens is 316 g/mol. The molecule has 1 aromatic carbocycles. The Morgan fingerprint density at radius 2 is 1.88 bits per heavy atom. The quantitative estimate of drug-likeness (QED) is 0.549. The number of nitrogens with zero attached hydrogens (tertiary/aromatic N) is 1. The number of aryl methyl sites for hydroxylation is 2. The molecule has 1 fully saturated rings. The Bertz CT molecular complexity index is 545. The number of benzene rings is 1. The van der Waals surface area contributed by atoms with Crippen molar-refractivity contribution in [1.29, 1.82) is 0 Å². The van der Waals surface area contributed by atoms with Crippen molar-refractivity contribution < 1.29 is 14.3 Å². The minimum atomic E-state index is -0.365. The van der Waals surface area contributed by atoms with Crippen LogP contribution < -0.4 is 10.1 Å². The first-order valence-electron chi connectivity index (χ1n) is 9.22. The lowest BCUT2D eigenvalue weighted by atomic mass is 10.1. The molecule has 1 saturated carbocycles. The Morgan fingerprint density at radius 3 is 2.48 bits per heavy atom. The zero-order valence-electron chi connectivity index (χ0n) is 16.1. The summed E-state index contributed by atoms with van der Waals surface area (Å²) in [5.74, 6) is 0.408. The Labute approximate surface area is 151 Å². The number of hydrogen-bond acceptors (Lipinski definition) is 5. The highest BCUT2D eigenvalue weighted by Crippen LogP contribution is 2.25. The Hall–Kier alpha value is -1.59. The standard InChI is InChI=1S/C20H32N2O3/c1-15-11-17(12-16(2)20(15)25-14-19(23)24-4)13-21-9-10-22(3)18-7-5-6-8-18/h11-12,18,21H,5-10,13-14H2,1-4H3. The number of hydrogen-bond donors (Lipinski definition) is 1. The molecule has 1 aliphatic carbocycles. The molecule has 0 aliphatic heterocycles. The molecule has 1 N–H and O–H groups in total. The maximum Gasteiger partial charge on any atom is 0.343 e. The van der Waals surface area contributed by atoms with E-state index in [1.165, 1.54) is 38.4 Å². The summed E-state index contributed by atoms with van der Waals surface area (Å²) in [6.45, 7) is 6.89. The van der Waals surface area contributed by atoms with Crippen LogP contribution in [0.15, 0.2) is 12.1 Å². The van der Waals surface area contributed by atoms with Gasteiger partial charge in [-0.15, -0.1) is 0 Å². The van der Waals surface area contributed by atoms with E-state index in [9.17, 15) is 4.79 Å². The van der Waals surface area contributed by atoms with Gasteiger partial charge < -0.3 is 19.7 Å². The number of nitrogens with one attached hydrogen (secondary N) is 1. The number of carbonyl (C=O) groups excluding carboxylic acids is 1. The van der Waals surface area contributed by atoms with Crippen molar-refractivity contribution >= 4 is 5.97 Å². The summed E-state index contributed by atoms with van der Waals surface area (Å²) in [7, 11) is 3.60. The van der Waals surface area contributed by atoms with Crippen LogP contribution in [0.2, 0.25) is 0 Å². The van der Waals surface area contributed by atoms with Crippen molar-refractivity contribution in [3.05, 3.63) is 28.8 Å². The zero-order chi connectivity index (χ0) is 18.2. The first-order valence-corrected chi connectivity index (χ1v) is 9.22.